The fourth-order valence-corrected chi connectivity index (χ4v) is 6.21. The van der Waals surface area contributed by atoms with E-state index in [9.17, 15) is 26.4 Å². The number of carbonyl (C=O) groups excluding carboxylic acids is 1. The Morgan fingerprint density at radius 1 is 1.12 bits per heavy atom. The van der Waals surface area contributed by atoms with Gasteiger partial charge in [0.1, 0.15) is 0 Å². The number of hydrogen-bond donors (Lipinski definition) is 1. The zero-order chi connectivity index (χ0) is 24.4. The zero-order valence-electron chi connectivity index (χ0n) is 18.5. The van der Waals surface area contributed by atoms with Gasteiger partial charge in [0.05, 0.1) is 42.9 Å². The average molecular weight is 486 g/mol. The van der Waals surface area contributed by atoms with Gasteiger partial charge in [0.2, 0.25) is 0 Å². The normalized spacial score (nSPS) is 22.2. The Labute approximate surface area is 191 Å². The van der Waals surface area contributed by atoms with Crippen LogP contribution >= 0.6 is 0 Å². The average Bonchev–Trinajstić information content (AvgIpc) is 2.88. The predicted octanol–water partition coefficient (Wildman–Crippen LogP) is 4.23. The number of alkyl halides is 3. The van der Waals surface area contributed by atoms with Crippen molar-refractivity contribution in [3.8, 4) is 11.5 Å². The molecular weight excluding hydrogens is 459 g/mol. The van der Waals surface area contributed by atoms with Crippen LogP contribution in [0.3, 0.4) is 0 Å². The highest BCUT2D eigenvalue weighted by molar-refractivity contribution is 7.91. The Hall–Kier alpha value is -2.59. The van der Waals surface area contributed by atoms with Crippen molar-refractivity contribution < 1.29 is 35.9 Å². The lowest BCUT2D eigenvalue weighted by atomic mass is 9.86. The largest absolute Gasteiger partial charge is 0.493 e. The van der Waals surface area contributed by atoms with Crippen LogP contribution in [0.15, 0.2) is 47.4 Å². The maximum atomic E-state index is 13.5. The topological polar surface area (TPSA) is 81.7 Å². The van der Waals surface area contributed by atoms with Gasteiger partial charge in [-0.2, -0.15) is 13.2 Å². The summed E-state index contributed by atoms with van der Waals surface area (Å²) in [5.41, 5.74) is -0.716. The standard InChI is InChI=1S/C23H26F3NO5S/c1-4-22(20(28)10-11-23(24,25)26)14-33(29,30)19-13-18(32-3)17(31-2)12-16(19)21(27-22)15-8-6-5-7-9-15/h5-9,12-13,21,27H,4,10-11,14H2,1-3H3/t21-,22+/m0/s1. The first kappa shape index (κ1) is 25.0. The molecule has 0 fully saturated rings. The summed E-state index contributed by atoms with van der Waals surface area (Å²) < 4.78 is 76.2. The van der Waals surface area contributed by atoms with Gasteiger partial charge in [0.25, 0.3) is 0 Å². The molecule has 1 N–H and O–H groups in total. The Morgan fingerprint density at radius 2 is 1.73 bits per heavy atom. The number of carbonyl (C=O) groups is 1. The molecule has 0 unspecified atom stereocenters. The van der Waals surface area contributed by atoms with Gasteiger partial charge in [-0.15, -0.1) is 0 Å². The summed E-state index contributed by atoms with van der Waals surface area (Å²) in [6.07, 6.45) is -6.67. The number of methoxy groups -OCH3 is 2. The van der Waals surface area contributed by atoms with E-state index in [0.29, 0.717) is 16.9 Å². The minimum Gasteiger partial charge on any atom is -0.493 e. The van der Waals surface area contributed by atoms with Gasteiger partial charge in [-0.3, -0.25) is 10.1 Å². The third kappa shape index (κ3) is 5.16. The smallest absolute Gasteiger partial charge is 0.389 e. The number of ether oxygens (including phenoxy) is 2. The number of sulfone groups is 1. The lowest BCUT2D eigenvalue weighted by molar-refractivity contribution is -0.145. The number of ketones is 1. The monoisotopic (exact) mass is 485 g/mol. The fraction of sp³-hybridized carbons (Fsp3) is 0.435. The molecule has 6 nitrogen and oxygen atoms in total. The first-order valence-corrected chi connectivity index (χ1v) is 12.0. The van der Waals surface area contributed by atoms with E-state index in [0.717, 1.165) is 0 Å². The van der Waals surface area contributed by atoms with Crippen LogP contribution in [-0.4, -0.2) is 45.9 Å². The fourth-order valence-electron chi connectivity index (χ4n) is 4.13. The minimum atomic E-state index is -4.53. The molecule has 3 rings (SSSR count). The summed E-state index contributed by atoms with van der Waals surface area (Å²) in [6.45, 7) is 1.59. The van der Waals surface area contributed by atoms with Gasteiger partial charge in [-0.1, -0.05) is 37.3 Å². The number of Topliss-reactive ketones (excluding diaryl/α,β-unsaturated/α-hetero) is 1. The SMILES string of the molecule is CC[C@]1(C(=O)CCC(F)(F)F)CS(=O)(=O)c2cc(OC)c(OC)cc2[C@H](c2ccccc2)N1. The molecule has 2 aromatic carbocycles. The third-order valence-corrected chi connectivity index (χ3v) is 7.82. The molecule has 1 heterocycles. The molecule has 0 saturated heterocycles. The minimum absolute atomic E-state index is 0.00544. The predicted molar refractivity (Wildman–Crippen MR) is 116 cm³/mol. The van der Waals surface area contributed by atoms with E-state index in [-0.39, 0.29) is 17.1 Å². The van der Waals surface area contributed by atoms with Crippen LogP contribution in [-0.2, 0) is 14.6 Å². The van der Waals surface area contributed by atoms with E-state index in [1.807, 2.05) is 0 Å². The van der Waals surface area contributed by atoms with Gasteiger partial charge < -0.3 is 9.47 Å². The van der Waals surface area contributed by atoms with Gasteiger partial charge in [0.15, 0.2) is 27.1 Å². The van der Waals surface area contributed by atoms with Crippen LogP contribution in [0, 0.1) is 0 Å². The molecule has 1 aliphatic heterocycles. The third-order valence-electron chi connectivity index (χ3n) is 5.92. The van der Waals surface area contributed by atoms with E-state index >= 15 is 0 Å². The van der Waals surface area contributed by atoms with Crippen molar-refractivity contribution >= 4 is 15.6 Å². The second-order valence-corrected chi connectivity index (χ2v) is 9.92. The number of benzene rings is 2. The van der Waals surface area contributed by atoms with Crippen LogP contribution in [0.4, 0.5) is 13.2 Å². The zero-order valence-corrected chi connectivity index (χ0v) is 19.3. The summed E-state index contributed by atoms with van der Waals surface area (Å²) in [7, 11) is -1.31. The van der Waals surface area contributed by atoms with Gasteiger partial charge in [0, 0.05) is 12.5 Å². The molecule has 0 bridgehead atoms. The lowest BCUT2D eigenvalue weighted by Gasteiger charge is -2.34. The van der Waals surface area contributed by atoms with Gasteiger partial charge in [-0.05, 0) is 23.6 Å². The molecule has 1 aliphatic rings. The highest BCUT2D eigenvalue weighted by atomic mass is 32.2. The Balaban J connectivity index is 2.23. The summed E-state index contributed by atoms with van der Waals surface area (Å²) in [5.74, 6) is -0.974. The molecule has 2 atom stereocenters. The molecule has 2 aromatic rings. The Morgan fingerprint density at radius 3 is 2.27 bits per heavy atom. The van der Waals surface area contributed by atoms with Crippen LogP contribution < -0.4 is 14.8 Å². The molecule has 0 spiro atoms. The van der Waals surface area contributed by atoms with Crippen molar-refractivity contribution in [2.24, 2.45) is 0 Å². The molecular formula is C23H26F3NO5S. The van der Waals surface area contributed by atoms with Crippen LogP contribution in [0.2, 0.25) is 0 Å². The first-order valence-electron chi connectivity index (χ1n) is 10.4. The van der Waals surface area contributed by atoms with Crippen LogP contribution in [0.5, 0.6) is 11.5 Å². The van der Waals surface area contributed by atoms with E-state index in [1.165, 1.54) is 26.4 Å². The van der Waals surface area contributed by atoms with Crippen molar-refractivity contribution in [1.82, 2.24) is 5.32 Å². The van der Waals surface area contributed by atoms with Crippen molar-refractivity contribution in [1.29, 1.82) is 0 Å². The summed E-state index contributed by atoms with van der Waals surface area (Å²) in [5, 5.41) is 3.14. The molecule has 0 radical (unpaired) electrons. The van der Waals surface area contributed by atoms with Crippen LogP contribution in [0.25, 0.3) is 0 Å². The number of rotatable bonds is 7. The number of halogens is 3. The summed E-state index contributed by atoms with van der Waals surface area (Å²) in [4.78, 5) is 13.1. The highest BCUT2D eigenvalue weighted by Crippen LogP contribution is 2.42. The molecule has 0 aromatic heterocycles. The molecule has 0 amide bonds. The van der Waals surface area contributed by atoms with Gasteiger partial charge in [-0.25, -0.2) is 8.42 Å². The lowest BCUT2D eigenvalue weighted by Crippen LogP contribution is -2.56. The number of hydrogen-bond acceptors (Lipinski definition) is 6. The molecule has 0 saturated carbocycles. The van der Waals surface area contributed by atoms with E-state index in [1.54, 1.807) is 37.3 Å². The Bertz CT molecular complexity index is 1120. The first-order chi connectivity index (χ1) is 15.5. The molecule has 33 heavy (non-hydrogen) atoms. The van der Waals surface area contributed by atoms with Crippen molar-refractivity contribution in [3.05, 3.63) is 53.6 Å². The molecule has 10 heteroatoms. The number of nitrogens with one attached hydrogen (secondary N) is 1. The van der Waals surface area contributed by atoms with Crippen molar-refractivity contribution in [3.63, 3.8) is 0 Å². The molecule has 180 valence electrons. The van der Waals surface area contributed by atoms with Crippen molar-refractivity contribution in [2.45, 2.75) is 48.8 Å². The second-order valence-electron chi connectivity index (χ2n) is 7.97. The van der Waals surface area contributed by atoms with E-state index < -0.39 is 52.0 Å². The second kappa shape index (κ2) is 9.34. The molecule has 0 aliphatic carbocycles. The summed E-state index contributed by atoms with van der Waals surface area (Å²) >= 11 is 0. The van der Waals surface area contributed by atoms with Gasteiger partial charge >= 0.3 is 6.18 Å². The maximum absolute atomic E-state index is 13.5. The van der Waals surface area contributed by atoms with E-state index in [4.69, 9.17) is 9.47 Å². The summed E-state index contributed by atoms with van der Waals surface area (Å²) in [6, 6.07) is 10.9. The van der Waals surface area contributed by atoms with E-state index in [2.05, 4.69) is 5.32 Å². The maximum Gasteiger partial charge on any atom is 0.389 e. The quantitative estimate of drug-likeness (QED) is 0.632. The number of fused-ring (bicyclic) bond motifs is 1. The van der Waals surface area contributed by atoms with Crippen molar-refractivity contribution in [2.75, 3.05) is 20.0 Å². The van der Waals surface area contributed by atoms with Crippen LogP contribution in [0.1, 0.15) is 43.4 Å². The highest BCUT2D eigenvalue weighted by Gasteiger charge is 2.47. The Kier molecular flexibility index (Phi) is 7.09.